The van der Waals surface area contributed by atoms with E-state index in [0.29, 0.717) is 32.5 Å². The third-order valence-electron chi connectivity index (χ3n) is 4.75. The van der Waals surface area contributed by atoms with E-state index in [0.717, 1.165) is 11.3 Å². The summed E-state index contributed by atoms with van der Waals surface area (Å²) in [6.45, 7) is 6.79. The van der Waals surface area contributed by atoms with Crippen LogP contribution in [0.15, 0.2) is 24.3 Å². The molecule has 8 heteroatoms. The van der Waals surface area contributed by atoms with Crippen molar-refractivity contribution in [3.8, 4) is 5.75 Å². The Kier molecular flexibility index (Phi) is 7.64. The van der Waals surface area contributed by atoms with Crippen LogP contribution in [-0.2, 0) is 21.4 Å². The maximum atomic E-state index is 12.0. The summed E-state index contributed by atoms with van der Waals surface area (Å²) in [6.07, 6.45) is 1.28. The zero-order chi connectivity index (χ0) is 20.0. The van der Waals surface area contributed by atoms with Crippen molar-refractivity contribution in [3.05, 3.63) is 29.8 Å². The highest BCUT2D eigenvalue weighted by atomic mass is 32.2. The van der Waals surface area contributed by atoms with E-state index >= 15 is 0 Å². The maximum Gasteiger partial charge on any atom is 0.317 e. The standard InChI is InChI=1S/C19H30N2O5S/c1-4-27(24,25)21-11-9-17(10-12-21)20(14-19(22)23)13-16-7-5-6-8-18(16)26-15(2)3/h5-8,15,17H,4,9-14H2,1-3H3,(H,22,23). The Bertz CT molecular complexity index is 727. The largest absolute Gasteiger partial charge is 0.491 e. The molecule has 1 heterocycles. The summed E-state index contributed by atoms with van der Waals surface area (Å²) in [6, 6.07) is 7.68. The molecule has 0 amide bonds. The van der Waals surface area contributed by atoms with E-state index in [2.05, 4.69) is 0 Å². The van der Waals surface area contributed by atoms with E-state index in [1.165, 1.54) is 4.31 Å². The van der Waals surface area contributed by atoms with Crippen LogP contribution in [0.1, 0.15) is 39.2 Å². The van der Waals surface area contributed by atoms with Gasteiger partial charge in [-0.15, -0.1) is 0 Å². The Morgan fingerprint density at radius 2 is 1.93 bits per heavy atom. The van der Waals surface area contributed by atoms with E-state index < -0.39 is 16.0 Å². The molecule has 2 rings (SSSR count). The van der Waals surface area contributed by atoms with Gasteiger partial charge in [0, 0.05) is 31.2 Å². The summed E-state index contributed by atoms with van der Waals surface area (Å²) >= 11 is 0. The first-order valence-electron chi connectivity index (χ1n) is 9.41. The van der Waals surface area contributed by atoms with Gasteiger partial charge in [0.05, 0.1) is 18.4 Å². The smallest absolute Gasteiger partial charge is 0.317 e. The van der Waals surface area contributed by atoms with Crippen molar-refractivity contribution < 1.29 is 23.1 Å². The number of piperidine rings is 1. The molecule has 1 fully saturated rings. The van der Waals surface area contributed by atoms with Crippen molar-refractivity contribution in [2.45, 2.75) is 52.3 Å². The second-order valence-corrected chi connectivity index (χ2v) is 9.36. The number of carboxylic acids is 1. The van der Waals surface area contributed by atoms with E-state index in [-0.39, 0.29) is 24.4 Å². The van der Waals surface area contributed by atoms with Gasteiger partial charge < -0.3 is 9.84 Å². The van der Waals surface area contributed by atoms with E-state index in [1.807, 2.05) is 43.0 Å². The monoisotopic (exact) mass is 398 g/mol. The zero-order valence-corrected chi connectivity index (χ0v) is 17.1. The van der Waals surface area contributed by atoms with Gasteiger partial charge >= 0.3 is 5.97 Å². The van der Waals surface area contributed by atoms with Crippen LogP contribution in [-0.4, -0.2) is 66.2 Å². The van der Waals surface area contributed by atoms with E-state index in [9.17, 15) is 18.3 Å². The molecule has 1 N–H and O–H groups in total. The molecule has 1 aliphatic heterocycles. The Balaban J connectivity index is 2.12. The highest BCUT2D eigenvalue weighted by molar-refractivity contribution is 7.89. The highest BCUT2D eigenvalue weighted by Gasteiger charge is 2.30. The summed E-state index contributed by atoms with van der Waals surface area (Å²) in [5.74, 6) is -0.0362. The molecular formula is C19H30N2O5S. The van der Waals surface area contributed by atoms with Gasteiger partial charge in [0.15, 0.2) is 0 Å². The number of nitrogens with zero attached hydrogens (tertiary/aromatic N) is 2. The van der Waals surface area contributed by atoms with Crippen LogP contribution >= 0.6 is 0 Å². The van der Waals surface area contributed by atoms with Crippen molar-refractivity contribution in [3.63, 3.8) is 0 Å². The number of hydrogen-bond donors (Lipinski definition) is 1. The molecule has 152 valence electrons. The highest BCUT2D eigenvalue weighted by Crippen LogP contribution is 2.25. The molecular weight excluding hydrogens is 368 g/mol. The Morgan fingerprint density at radius 1 is 1.30 bits per heavy atom. The fourth-order valence-electron chi connectivity index (χ4n) is 3.38. The number of aliphatic carboxylic acids is 1. The fraction of sp³-hybridized carbons (Fsp3) is 0.632. The second kappa shape index (κ2) is 9.52. The second-order valence-electron chi connectivity index (χ2n) is 7.10. The van der Waals surface area contributed by atoms with Crippen molar-refractivity contribution in [1.29, 1.82) is 0 Å². The van der Waals surface area contributed by atoms with E-state index in [1.54, 1.807) is 6.92 Å². The fourth-order valence-corrected chi connectivity index (χ4v) is 4.51. The van der Waals surface area contributed by atoms with Gasteiger partial charge in [-0.25, -0.2) is 12.7 Å². The summed E-state index contributed by atoms with van der Waals surface area (Å²) in [4.78, 5) is 13.3. The topological polar surface area (TPSA) is 87.2 Å². The first kappa shape index (κ1) is 21.7. The molecule has 0 radical (unpaired) electrons. The molecule has 0 saturated carbocycles. The number of ether oxygens (including phenoxy) is 1. The lowest BCUT2D eigenvalue weighted by Crippen LogP contribution is -2.48. The number of hydrogen-bond acceptors (Lipinski definition) is 5. The summed E-state index contributed by atoms with van der Waals surface area (Å²) in [7, 11) is -3.19. The van der Waals surface area contributed by atoms with Crippen LogP contribution in [0, 0.1) is 0 Å². The molecule has 0 unspecified atom stereocenters. The molecule has 1 aromatic carbocycles. The van der Waals surface area contributed by atoms with Gasteiger partial charge in [0.25, 0.3) is 0 Å². The first-order chi connectivity index (χ1) is 12.7. The Morgan fingerprint density at radius 3 is 2.48 bits per heavy atom. The molecule has 1 aromatic rings. The first-order valence-corrected chi connectivity index (χ1v) is 11.0. The molecule has 1 saturated heterocycles. The number of carboxylic acid groups (broad SMARTS) is 1. The van der Waals surface area contributed by atoms with Crippen LogP contribution in [0.3, 0.4) is 0 Å². The number of rotatable bonds is 9. The van der Waals surface area contributed by atoms with Crippen molar-refractivity contribution in [2.24, 2.45) is 0 Å². The van der Waals surface area contributed by atoms with Gasteiger partial charge in [-0.05, 0) is 39.7 Å². The van der Waals surface area contributed by atoms with Crippen LogP contribution in [0.4, 0.5) is 0 Å². The average Bonchev–Trinajstić information content (AvgIpc) is 2.62. The van der Waals surface area contributed by atoms with Gasteiger partial charge in [0.1, 0.15) is 5.75 Å². The summed E-state index contributed by atoms with van der Waals surface area (Å²) in [5.41, 5.74) is 0.941. The lowest BCUT2D eigenvalue weighted by atomic mass is 10.0. The normalized spacial score (nSPS) is 16.8. The van der Waals surface area contributed by atoms with E-state index in [4.69, 9.17) is 4.74 Å². The van der Waals surface area contributed by atoms with Crippen molar-refractivity contribution in [2.75, 3.05) is 25.4 Å². The molecule has 0 aliphatic carbocycles. The minimum absolute atomic E-state index is 0.0245. The molecule has 1 aliphatic rings. The van der Waals surface area contributed by atoms with Crippen molar-refractivity contribution >= 4 is 16.0 Å². The molecule has 27 heavy (non-hydrogen) atoms. The predicted molar refractivity (Wildman–Crippen MR) is 104 cm³/mol. The summed E-state index contributed by atoms with van der Waals surface area (Å²) in [5, 5.41) is 9.35. The SMILES string of the molecule is CCS(=O)(=O)N1CCC(N(CC(=O)O)Cc2ccccc2OC(C)C)CC1. The average molecular weight is 399 g/mol. The number of benzene rings is 1. The maximum absolute atomic E-state index is 12.0. The van der Waals surface area contributed by atoms with Crippen LogP contribution in [0.5, 0.6) is 5.75 Å². The quantitative estimate of drug-likeness (QED) is 0.686. The third-order valence-corrected chi connectivity index (χ3v) is 6.63. The zero-order valence-electron chi connectivity index (χ0n) is 16.3. The molecule has 7 nitrogen and oxygen atoms in total. The minimum atomic E-state index is -3.19. The number of sulfonamides is 1. The van der Waals surface area contributed by atoms with Gasteiger partial charge in [-0.3, -0.25) is 9.69 Å². The van der Waals surface area contributed by atoms with Crippen LogP contribution < -0.4 is 4.74 Å². The van der Waals surface area contributed by atoms with Crippen molar-refractivity contribution in [1.82, 2.24) is 9.21 Å². The van der Waals surface area contributed by atoms with Gasteiger partial charge in [-0.2, -0.15) is 0 Å². The Hall–Kier alpha value is -1.64. The predicted octanol–water partition coefficient (Wildman–Crippen LogP) is 2.17. The van der Waals surface area contributed by atoms with Gasteiger partial charge in [-0.1, -0.05) is 18.2 Å². The molecule has 0 spiro atoms. The summed E-state index contributed by atoms with van der Waals surface area (Å²) < 4.78 is 31.5. The molecule has 0 atom stereocenters. The van der Waals surface area contributed by atoms with Crippen LogP contribution in [0.25, 0.3) is 0 Å². The third kappa shape index (κ3) is 6.19. The minimum Gasteiger partial charge on any atom is -0.491 e. The molecule has 0 bridgehead atoms. The lowest BCUT2D eigenvalue weighted by molar-refractivity contribution is -0.139. The van der Waals surface area contributed by atoms with Crippen LogP contribution in [0.2, 0.25) is 0 Å². The lowest BCUT2D eigenvalue weighted by Gasteiger charge is -2.37. The number of carbonyl (C=O) groups is 1. The molecule has 0 aromatic heterocycles. The number of para-hydroxylation sites is 1. The van der Waals surface area contributed by atoms with Gasteiger partial charge in [0.2, 0.25) is 10.0 Å². The Labute approximate surface area is 162 Å².